The maximum absolute atomic E-state index is 12.7. The molecule has 34 heavy (non-hydrogen) atoms. The number of aromatic nitrogens is 1. The average Bonchev–Trinajstić information content (AvgIpc) is 3.25. The highest BCUT2D eigenvalue weighted by Gasteiger charge is 2.41. The molecule has 5 rings (SSSR count). The maximum Gasteiger partial charge on any atom is 0.257 e. The number of nitrogens with one attached hydrogen (secondary N) is 2. The standard InChI is InChI=1S/C27H30N2O5/c1-32-19-6-8-23-22(13-19)18(16-29-23)9-12-28-26(31)17-33-20-5-7-21-24(30)15-27(34-25(21)14-20)10-3-2-4-11-27/h5-8,13-14,16,29H,2-4,9-12,15,17H2,1H3,(H,28,31). The number of hydrogen-bond acceptors (Lipinski definition) is 5. The van der Waals surface area contributed by atoms with Crippen molar-refractivity contribution in [1.82, 2.24) is 10.3 Å². The summed E-state index contributed by atoms with van der Waals surface area (Å²) in [4.78, 5) is 28.3. The van der Waals surface area contributed by atoms with Crippen molar-refractivity contribution in [2.75, 3.05) is 20.3 Å². The van der Waals surface area contributed by atoms with Crippen LogP contribution in [0, 0.1) is 0 Å². The Balaban J connectivity index is 1.15. The largest absolute Gasteiger partial charge is 0.497 e. The summed E-state index contributed by atoms with van der Waals surface area (Å²) in [5.41, 5.74) is 2.38. The predicted octanol–water partition coefficient (Wildman–Crippen LogP) is 4.58. The summed E-state index contributed by atoms with van der Waals surface area (Å²) >= 11 is 0. The van der Waals surface area contributed by atoms with Gasteiger partial charge in [-0.1, -0.05) is 6.42 Å². The number of H-pyrrole nitrogens is 1. The molecule has 1 saturated carbocycles. The van der Waals surface area contributed by atoms with Crippen molar-refractivity contribution in [2.45, 2.75) is 50.5 Å². The van der Waals surface area contributed by atoms with Gasteiger partial charge in [0.2, 0.25) is 0 Å². The van der Waals surface area contributed by atoms with Crippen molar-refractivity contribution in [3.63, 3.8) is 0 Å². The molecule has 3 aromatic rings. The van der Waals surface area contributed by atoms with Crippen molar-refractivity contribution >= 4 is 22.6 Å². The molecule has 7 heteroatoms. The van der Waals surface area contributed by atoms with E-state index in [1.807, 2.05) is 24.4 Å². The summed E-state index contributed by atoms with van der Waals surface area (Å²) < 4.78 is 17.3. The second-order valence-corrected chi connectivity index (χ2v) is 9.22. The predicted molar refractivity (Wildman–Crippen MR) is 129 cm³/mol. The summed E-state index contributed by atoms with van der Waals surface area (Å²) in [6, 6.07) is 11.1. The van der Waals surface area contributed by atoms with Gasteiger partial charge in [-0.15, -0.1) is 0 Å². The zero-order valence-corrected chi connectivity index (χ0v) is 19.4. The number of hydrogen-bond donors (Lipinski definition) is 2. The summed E-state index contributed by atoms with van der Waals surface area (Å²) in [6.45, 7) is 0.399. The van der Waals surface area contributed by atoms with Crippen molar-refractivity contribution in [3.8, 4) is 17.2 Å². The molecule has 0 bridgehead atoms. The molecule has 178 valence electrons. The van der Waals surface area contributed by atoms with Crippen molar-refractivity contribution in [3.05, 3.63) is 53.7 Å². The molecule has 1 aliphatic carbocycles. The fourth-order valence-corrected chi connectivity index (χ4v) is 5.07. The molecule has 0 radical (unpaired) electrons. The van der Waals surface area contributed by atoms with Gasteiger partial charge in [-0.3, -0.25) is 9.59 Å². The third-order valence-corrected chi connectivity index (χ3v) is 6.89. The topological polar surface area (TPSA) is 89.7 Å². The van der Waals surface area contributed by atoms with Gasteiger partial charge in [-0.25, -0.2) is 0 Å². The fourth-order valence-electron chi connectivity index (χ4n) is 5.07. The number of aromatic amines is 1. The molecule has 2 aromatic carbocycles. The van der Waals surface area contributed by atoms with Gasteiger partial charge in [0.25, 0.3) is 5.91 Å². The Morgan fingerprint density at radius 2 is 1.94 bits per heavy atom. The lowest BCUT2D eigenvalue weighted by Gasteiger charge is -2.40. The van der Waals surface area contributed by atoms with E-state index in [2.05, 4.69) is 10.3 Å². The van der Waals surface area contributed by atoms with E-state index >= 15 is 0 Å². The summed E-state index contributed by atoms with van der Waals surface area (Å²) in [6.07, 6.45) is 8.29. The number of benzene rings is 2. The maximum atomic E-state index is 12.7. The lowest BCUT2D eigenvalue weighted by Crippen LogP contribution is -2.43. The van der Waals surface area contributed by atoms with Crippen LogP contribution in [0.25, 0.3) is 10.9 Å². The summed E-state index contributed by atoms with van der Waals surface area (Å²) in [5.74, 6) is 1.83. The number of rotatable bonds is 7. The smallest absolute Gasteiger partial charge is 0.257 e. The van der Waals surface area contributed by atoms with Crippen molar-refractivity contribution in [1.29, 1.82) is 0 Å². The number of carbonyl (C=O) groups is 2. The molecule has 0 saturated heterocycles. The Morgan fingerprint density at radius 1 is 1.12 bits per heavy atom. The lowest BCUT2D eigenvalue weighted by molar-refractivity contribution is -0.123. The summed E-state index contributed by atoms with van der Waals surface area (Å²) in [5, 5.41) is 3.99. The van der Waals surface area contributed by atoms with Gasteiger partial charge < -0.3 is 24.5 Å². The summed E-state index contributed by atoms with van der Waals surface area (Å²) in [7, 11) is 1.65. The number of amides is 1. The zero-order chi connectivity index (χ0) is 23.5. The SMILES string of the molecule is COc1ccc2[nH]cc(CCNC(=O)COc3ccc4c(c3)OC3(CCCCC3)CC4=O)c2c1. The van der Waals surface area contributed by atoms with Gasteiger partial charge in [-0.05, 0) is 68.0 Å². The van der Waals surface area contributed by atoms with Crippen LogP contribution >= 0.6 is 0 Å². The van der Waals surface area contributed by atoms with Crippen LogP contribution in [0.4, 0.5) is 0 Å². The first-order valence-electron chi connectivity index (χ1n) is 11.9. The average molecular weight is 463 g/mol. The first kappa shape index (κ1) is 22.3. The Labute approximate surface area is 198 Å². The van der Waals surface area contributed by atoms with E-state index in [1.54, 1.807) is 25.3 Å². The van der Waals surface area contributed by atoms with E-state index in [0.29, 0.717) is 36.4 Å². The molecule has 2 heterocycles. The number of methoxy groups -OCH3 is 1. The van der Waals surface area contributed by atoms with Gasteiger partial charge in [0.05, 0.1) is 19.1 Å². The van der Waals surface area contributed by atoms with E-state index < -0.39 is 0 Å². The second kappa shape index (κ2) is 9.41. The highest BCUT2D eigenvalue weighted by molar-refractivity contribution is 6.00. The molecule has 2 N–H and O–H groups in total. The second-order valence-electron chi connectivity index (χ2n) is 9.22. The van der Waals surface area contributed by atoms with E-state index in [9.17, 15) is 9.59 Å². The van der Waals surface area contributed by atoms with Crippen LogP contribution in [0.2, 0.25) is 0 Å². The van der Waals surface area contributed by atoms with Gasteiger partial charge in [-0.2, -0.15) is 0 Å². The minimum absolute atomic E-state index is 0.0976. The molecule has 1 aliphatic heterocycles. The first-order valence-corrected chi connectivity index (χ1v) is 11.9. The minimum Gasteiger partial charge on any atom is -0.497 e. The first-order chi connectivity index (χ1) is 16.5. The molecule has 0 unspecified atom stereocenters. The molecule has 1 fully saturated rings. The van der Waals surface area contributed by atoms with Crippen LogP contribution in [-0.4, -0.2) is 42.5 Å². The van der Waals surface area contributed by atoms with Crippen LogP contribution in [0.5, 0.6) is 17.2 Å². The highest BCUT2D eigenvalue weighted by atomic mass is 16.5. The quantitative estimate of drug-likeness (QED) is 0.536. The monoisotopic (exact) mass is 462 g/mol. The molecule has 0 atom stereocenters. The number of fused-ring (bicyclic) bond motifs is 2. The molecular formula is C27H30N2O5. The highest BCUT2D eigenvalue weighted by Crippen LogP contribution is 2.42. The number of ether oxygens (including phenoxy) is 3. The van der Waals surface area contributed by atoms with E-state index in [0.717, 1.165) is 47.9 Å². The number of ketones is 1. The van der Waals surface area contributed by atoms with Gasteiger partial charge in [0, 0.05) is 29.7 Å². The van der Waals surface area contributed by atoms with Crippen molar-refractivity contribution < 1.29 is 23.8 Å². The minimum atomic E-state index is -0.370. The van der Waals surface area contributed by atoms with Crippen LogP contribution in [0.15, 0.2) is 42.6 Å². The third-order valence-electron chi connectivity index (χ3n) is 6.89. The Morgan fingerprint density at radius 3 is 2.76 bits per heavy atom. The molecule has 2 aliphatic rings. The normalized spacial score (nSPS) is 16.7. The molecule has 1 spiro atoms. The van der Waals surface area contributed by atoms with Crippen LogP contribution < -0.4 is 19.5 Å². The van der Waals surface area contributed by atoms with Crippen LogP contribution in [0.3, 0.4) is 0 Å². The van der Waals surface area contributed by atoms with Gasteiger partial charge in [0.1, 0.15) is 22.8 Å². The van der Waals surface area contributed by atoms with Crippen molar-refractivity contribution in [2.24, 2.45) is 0 Å². The molecule has 1 amide bonds. The van der Waals surface area contributed by atoms with Gasteiger partial charge in [0.15, 0.2) is 12.4 Å². The Bertz CT molecular complexity index is 1210. The molecule has 1 aromatic heterocycles. The fraction of sp³-hybridized carbons (Fsp3) is 0.407. The number of carbonyl (C=O) groups excluding carboxylic acids is 2. The Kier molecular flexibility index (Phi) is 6.18. The van der Waals surface area contributed by atoms with Gasteiger partial charge >= 0.3 is 0 Å². The van der Waals surface area contributed by atoms with E-state index in [1.165, 1.54) is 6.42 Å². The zero-order valence-electron chi connectivity index (χ0n) is 19.4. The third kappa shape index (κ3) is 4.60. The van der Waals surface area contributed by atoms with E-state index in [4.69, 9.17) is 14.2 Å². The van der Waals surface area contributed by atoms with E-state index in [-0.39, 0.29) is 23.9 Å². The van der Waals surface area contributed by atoms with Crippen LogP contribution in [0.1, 0.15) is 54.4 Å². The van der Waals surface area contributed by atoms with Crippen LogP contribution in [-0.2, 0) is 11.2 Å². The number of Topliss-reactive ketones (excluding diaryl/α,β-unsaturated/α-hetero) is 1. The molecular weight excluding hydrogens is 432 g/mol. The lowest BCUT2D eigenvalue weighted by atomic mass is 9.78. The Hall–Kier alpha value is -3.48. The molecule has 7 nitrogen and oxygen atoms in total.